The third-order valence-electron chi connectivity index (χ3n) is 4.28. The number of hydrogen-bond donors (Lipinski definition) is 0. The molecule has 0 saturated carbocycles. The third kappa shape index (κ3) is 5.62. The van der Waals surface area contributed by atoms with Crippen molar-refractivity contribution in [3.8, 4) is 0 Å². The summed E-state index contributed by atoms with van der Waals surface area (Å²) in [6.45, 7) is 1.54. The maximum absolute atomic E-state index is 13.3. The van der Waals surface area contributed by atoms with Gasteiger partial charge in [-0.25, -0.2) is 17.6 Å². The molecule has 0 spiro atoms. The summed E-state index contributed by atoms with van der Waals surface area (Å²) in [5.41, 5.74) is 0.553. The number of benzene rings is 2. The van der Waals surface area contributed by atoms with Crippen LogP contribution in [0.3, 0.4) is 0 Å². The van der Waals surface area contributed by atoms with Crippen molar-refractivity contribution in [2.75, 3.05) is 21.2 Å². The lowest BCUT2D eigenvalue weighted by molar-refractivity contribution is -0.139. The number of carbonyl (C=O) groups is 2. The van der Waals surface area contributed by atoms with Gasteiger partial charge in [0.05, 0.1) is 17.6 Å². The largest absolute Gasteiger partial charge is 0.449 e. The first kappa shape index (κ1) is 23.5. The van der Waals surface area contributed by atoms with Crippen LogP contribution in [0.2, 0.25) is 0 Å². The minimum Gasteiger partial charge on any atom is -0.449 e. The first-order valence-corrected chi connectivity index (χ1v) is 10.3. The van der Waals surface area contributed by atoms with Gasteiger partial charge in [-0.3, -0.25) is 9.63 Å². The van der Waals surface area contributed by atoms with Crippen LogP contribution in [-0.4, -0.2) is 57.0 Å². The van der Waals surface area contributed by atoms with Crippen molar-refractivity contribution in [1.82, 2.24) is 9.37 Å². The van der Waals surface area contributed by atoms with E-state index in [1.165, 1.54) is 69.4 Å². The molecule has 0 N–H and O–H groups in total. The molecule has 0 bridgehead atoms. The molecule has 0 fully saturated rings. The summed E-state index contributed by atoms with van der Waals surface area (Å²) in [5.74, 6) is -1.76. The highest BCUT2D eigenvalue weighted by atomic mass is 32.2. The number of ether oxygens (including phenoxy) is 1. The lowest BCUT2D eigenvalue weighted by Crippen LogP contribution is -2.37. The highest BCUT2D eigenvalue weighted by Crippen LogP contribution is 2.17. The summed E-state index contributed by atoms with van der Waals surface area (Å²) >= 11 is 0. The van der Waals surface area contributed by atoms with Crippen molar-refractivity contribution in [1.29, 1.82) is 0 Å². The maximum Gasteiger partial charge on any atom is 0.338 e. The Hall–Kier alpha value is -2.82. The van der Waals surface area contributed by atoms with E-state index in [2.05, 4.69) is 0 Å². The standard InChI is InChI=1S/C20H23FN2O6S/c1-14(19(24)22(2)13-15-7-5-9-17(21)11-15)29-20(25)16-8-6-10-18(12-16)30(26,27)23(3)28-4/h5-12,14H,13H2,1-4H3. The molecule has 0 saturated heterocycles. The predicted octanol–water partition coefficient (Wildman–Crippen LogP) is 2.21. The van der Waals surface area contributed by atoms with Crippen molar-refractivity contribution >= 4 is 21.9 Å². The predicted molar refractivity (Wildman–Crippen MR) is 106 cm³/mol. The number of carbonyl (C=O) groups excluding carboxylic acids is 2. The second-order valence-corrected chi connectivity index (χ2v) is 8.43. The zero-order valence-corrected chi connectivity index (χ0v) is 17.8. The number of nitrogens with zero attached hydrogens (tertiary/aromatic N) is 2. The van der Waals surface area contributed by atoms with Crippen LogP contribution in [0, 0.1) is 5.82 Å². The van der Waals surface area contributed by atoms with Gasteiger partial charge < -0.3 is 9.64 Å². The van der Waals surface area contributed by atoms with E-state index in [0.29, 0.717) is 10.0 Å². The van der Waals surface area contributed by atoms with Crippen LogP contribution in [0.5, 0.6) is 0 Å². The van der Waals surface area contributed by atoms with Gasteiger partial charge in [-0.2, -0.15) is 0 Å². The minimum atomic E-state index is -3.94. The number of amides is 1. The van der Waals surface area contributed by atoms with Gasteiger partial charge in [0.25, 0.3) is 15.9 Å². The molecule has 0 heterocycles. The summed E-state index contributed by atoms with van der Waals surface area (Å²) in [5, 5.41) is 0. The summed E-state index contributed by atoms with van der Waals surface area (Å²) in [6, 6.07) is 11.0. The Kier molecular flexibility index (Phi) is 7.65. The molecule has 30 heavy (non-hydrogen) atoms. The zero-order chi connectivity index (χ0) is 22.5. The highest BCUT2D eigenvalue weighted by Gasteiger charge is 2.25. The van der Waals surface area contributed by atoms with Gasteiger partial charge in [0, 0.05) is 20.6 Å². The Morgan fingerprint density at radius 2 is 1.77 bits per heavy atom. The molecular weight excluding hydrogens is 415 g/mol. The van der Waals surface area contributed by atoms with Gasteiger partial charge in [0.1, 0.15) is 5.82 Å². The number of rotatable bonds is 8. The molecule has 2 aromatic rings. The Bertz CT molecular complexity index is 1030. The monoisotopic (exact) mass is 438 g/mol. The Morgan fingerprint density at radius 1 is 1.10 bits per heavy atom. The number of esters is 1. The molecule has 0 aliphatic heterocycles. The molecule has 0 aliphatic rings. The molecule has 10 heteroatoms. The fraction of sp³-hybridized carbons (Fsp3) is 0.300. The molecule has 8 nitrogen and oxygen atoms in total. The van der Waals surface area contributed by atoms with Crippen molar-refractivity contribution in [3.63, 3.8) is 0 Å². The molecular formula is C20H23FN2O6S. The van der Waals surface area contributed by atoms with E-state index in [9.17, 15) is 22.4 Å². The van der Waals surface area contributed by atoms with Crippen molar-refractivity contribution in [3.05, 3.63) is 65.5 Å². The second-order valence-electron chi connectivity index (χ2n) is 6.50. The topological polar surface area (TPSA) is 93.2 Å². The molecule has 1 amide bonds. The summed E-state index contributed by atoms with van der Waals surface area (Å²) in [6.07, 6.45) is -1.13. The Morgan fingerprint density at radius 3 is 2.40 bits per heavy atom. The average Bonchev–Trinajstić information content (AvgIpc) is 2.72. The molecule has 162 valence electrons. The summed E-state index contributed by atoms with van der Waals surface area (Å²) in [4.78, 5) is 30.8. The van der Waals surface area contributed by atoms with Gasteiger partial charge in [-0.05, 0) is 42.8 Å². The van der Waals surface area contributed by atoms with Gasteiger partial charge in [-0.1, -0.05) is 22.7 Å². The van der Waals surface area contributed by atoms with E-state index in [-0.39, 0.29) is 17.0 Å². The van der Waals surface area contributed by atoms with E-state index in [1.54, 1.807) is 6.07 Å². The lowest BCUT2D eigenvalue weighted by atomic mass is 10.2. The lowest BCUT2D eigenvalue weighted by Gasteiger charge is -2.21. The van der Waals surface area contributed by atoms with E-state index in [1.807, 2.05) is 0 Å². The normalized spacial score (nSPS) is 12.5. The third-order valence-corrected chi connectivity index (χ3v) is 5.96. The SMILES string of the molecule is CON(C)S(=O)(=O)c1cccc(C(=O)OC(C)C(=O)N(C)Cc2cccc(F)c2)c1. The Balaban J connectivity index is 2.08. The van der Waals surface area contributed by atoms with E-state index < -0.39 is 33.8 Å². The van der Waals surface area contributed by atoms with Gasteiger partial charge in [0.15, 0.2) is 6.10 Å². The summed E-state index contributed by atoms with van der Waals surface area (Å²) in [7, 11) is -0.0231. The van der Waals surface area contributed by atoms with E-state index >= 15 is 0 Å². The molecule has 1 atom stereocenters. The molecule has 0 radical (unpaired) electrons. The second kappa shape index (κ2) is 9.79. The van der Waals surface area contributed by atoms with Crippen LogP contribution in [0.15, 0.2) is 53.4 Å². The van der Waals surface area contributed by atoms with Crippen LogP contribution >= 0.6 is 0 Å². The van der Waals surface area contributed by atoms with Crippen LogP contribution < -0.4 is 0 Å². The minimum absolute atomic E-state index is 0.0342. The van der Waals surface area contributed by atoms with E-state index in [4.69, 9.17) is 9.57 Å². The molecule has 2 aromatic carbocycles. The first-order valence-electron chi connectivity index (χ1n) is 8.89. The van der Waals surface area contributed by atoms with Crippen LogP contribution in [0.1, 0.15) is 22.8 Å². The quantitative estimate of drug-likeness (QED) is 0.463. The summed E-state index contributed by atoms with van der Waals surface area (Å²) < 4.78 is 43.8. The smallest absolute Gasteiger partial charge is 0.338 e. The van der Waals surface area contributed by atoms with Gasteiger partial charge in [-0.15, -0.1) is 0 Å². The zero-order valence-electron chi connectivity index (χ0n) is 17.0. The van der Waals surface area contributed by atoms with Crippen LogP contribution in [0.4, 0.5) is 4.39 Å². The number of sulfonamides is 1. The number of hydrogen-bond acceptors (Lipinski definition) is 6. The average molecular weight is 438 g/mol. The number of halogens is 1. The molecule has 0 aliphatic carbocycles. The van der Waals surface area contributed by atoms with E-state index in [0.717, 1.165) is 6.07 Å². The fourth-order valence-corrected chi connectivity index (χ4v) is 3.63. The number of likely N-dealkylation sites (N-methyl/N-ethyl adjacent to an activating group) is 1. The van der Waals surface area contributed by atoms with Crippen molar-refractivity contribution in [2.24, 2.45) is 0 Å². The molecule has 2 rings (SSSR count). The first-order chi connectivity index (χ1) is 14.1. The maximum atomic E-state index is 13.3. The highest BCUT2D eigenvalue weighted by molar-refractivity contribution is 7.89. The van der Waals surface area contributed by atoms with Crippen molar-refractivity contribution in [2.45, 2.75) is 24.5 Å². The fourth-order valence-electron chi connectivity index (χ4n) is 2.61. The van der Waals surface area contributed by atoms with Gasteiger partial charge in [0.2, 0.25) is 0 Å². The van der Waals surface area contributed by atoms with Gasteiger partial charge >= 0.3 is 5.97 Å². The molecule has 1 unspecified atom stereocenters. The number of hydroxylamine groups is 1. The van der Waals surface area contributed by atoms with Crippen molar-refractivity contribution < 1.29 is 32.0 Å². The molecule has 0 aromatic heterocycles. The van der Waals surface area contributed by atoms with Crippen LogP contribution in [0.25, 0.3) is 0 Å². The van der Waals surface area contributed by atoms with Crippen LogP contribution in [-0.2, 0) is 30.9 Å². The Labute approximate surface area is 174 Å².